The molecule has 1 aromatic heterocycles. The van der Waals surface area contributed by atoms with Gasteiger partial charge in [-0.05, 0) is 36.6 Å². The number of benzene rings is 1. The van der Waals surface area contributed by atoms with Gasteiger partial charge in [-0.1, -0.05) is 13.8 Å². The molecule has 0 spiro atoms. The molecule has 0 bridgehead atoms. The fourth-order valence-electron chi connectivity index (χ4n) is 3.50. The normalized spacial score (nSPS) is 17.1. The van der Waals surface area contributed by atoms with Gasteiger partial charge < -0.3 is 20.5 Å². The number of hydrogen-bond acceptors (Lipinski definition) is 2. The van der Waals surface area contributed by atoms with Crippen LogP contribution in [0.4, 0.5) is 4.39 Å². The summed E-state index contributed by atoms with van der Waals surface area (Å²) in [6.45, 7) is 6.04. The van der Waals surface area contributed by atoms with Crippen LogP contribution in [0.2, 0.25) is 0 Å². The summed E-state index contributed by atoms with van der Waals surface area (Å²) in [7, 11) is 1.74. The van der Waals surface area contributed by atoms with Crippen LogP contribution in [0.1, 0.15) is 25.8 Å². The lowest BCUT2D eigenvalue weighted by Crippen LogP contribution is -2.45. The van der Waals surface area contributed by atoms with Crippen LogP contribution in [-0.2, 0) is 11.2 Å². The lowest BCUT2D eigenvalue weighted by atomic mass is 10.1. The smallest absolute Gasteiger partial charge is 0.225 e. The van der Waals surface area contributed by atoms with Gasteiger partial charge in [-0.25, -0.2) is 4.39 Å². The topological polar surface area (TPSA) is 72.5 Å². The molecule has 3 N–H and O–H groups in total. The second kappa shape index (κ2) is 10.1. The summed E-state index contributed by atoms with van der Waals surface area (Å²) in [6, 6.07) is 4.99. The largest absolute Gasteiger partial charge is 0.361 e. The molecule has 1 atom stereocenters. The molecule has 1 fully saturated rings. The van der Waals surface area contributed by atoms with Gasteiger partial charge in [-0.2, -0.15) is 0 Å². The van der Waals surface area contributed by atoms with E-state index in [1.165, 1.54) is 6.07 Å². The minimum atomic E-state index is -0.226. The predicted molar refractivity (Wildman–Crippen MR) is 122 cm³/mol. The van der Waals surface area contributed by atoms with E-state index >= 15 is 0 Å². The summed E-state index contributed by atoms with van der Waals surface area (Å²) in [4.78, 5) is 21.5. The van der Waals surface area contributed by atoms with Crippen molar-refractivity contribution >= 4 is 46.7 Å². The van der Waals surface area contributed by atoms with Crippen molar-refractivity contribution in [3.05, 3.63) is 35.8 Å². The number of aliphatic imine (C=N–C) groups is 1. The highest BCUT2D eigenvalue weighted by Crippen LogP contribution is 2.19. The van der Waals surface area contributed by atoms with Gasteiger partial charge in [0.2, 0.25) is 5.91 Å². The summed E-state index contributed by atoms with van der Waals surface area (Å²) in [6.07, 6.45) is 3.60. The molecular weight excluding hydrogens is 472 g/mol. The number of fused-ring (bicyclic) bond motifs is 1. The highest BCUT2D eigenvalue weighted by atomic mass is 127. The zero-order valence-corrected chi connectivity index (χ0v) is 18.9. The number of hydrogen-bond donors (Lipinski definition) is 3. The first kappa shape index (κ1) is 22.4. The first-order valence-corrected chi connectivity index (χ1v) is 9.49. The van der Waals surface area contributed by atoms with E-state index in [2.05, 4.69) is 20.6 Å². The fraction of sp³-hybridized carbons (Fsp3) is 0.500. The Morgan fingerprint density at radius 1 is 1.43 bits per heavy atom. The van der Waals surface area contributed by atoms with Crippen molar-refractivity contribution in [1.29, 1.82) is 0 Å². The zero-order chi connectivity index (χ0) is 19.4. The lowest BCUT2D eigenvalue weighted by Gasteiger charge is -2.20. The van der Waals surface area contributed by atoms with Crippen molar-refractivity contribution in [3.8, 4) is 0 Å². The number of nitrogens with zero attached hydrogens (tertiary/aromatic N) is 2. The number of guanidine groups is 1. The molecule has 1 aliphatic heterocycles. The number of aromatic amines is 1. The number of amides is 1. The molecule has 0 radical (unpaired) electrons. The van der Waals surface area contributed by atoms with E-state index in [4.69, 9.17) is 0 Å². The van der Waals surface area contributed by atoms with Crippen LogP contribution >= 0.6 is 24.0 Å². The van der Waals surface area contributed by atoms with Gasteiger partial charge in [0, 0.05) is 55.7 Å². The van der Waals surface area contributed by atoms with Gasteiger partial charge in [0.1, 0.15) is 5.82 Å². The van der Waals surface area contributed by atoms with E-state index in [0.717, 1.165) is 41.8 Å². The van der Waals surface area contributed by atoms with Crippen molar-refractivity contribution in [2.24, 2.45) is 10.9 Å². The van der Waals surface area contributed by atoms with Crippen LogP contribution in [0.5, 0.6) is 0 Å². The number of rotatable bonds is 5. The molecule has 1 amide bonds. The third kappa shape index (κ3) is 5.36. The average molecular weight is 501 g/mol. The van der Waals surface area contributed by atoms with Crippen molar-refractivity contribution in [3.63, 3.8) is 0 Å². The summed E-state index contributed by atoms with van der Waals surface area (Å²) in [5.41, 5.74) is 2.01. The maximum Gasteiger partial charge on any atom is 0.225 e. The molecular formula is C20H29FIN5O. The van der Waals surface area contributed by atoms with Gasteiger partial charge in [0.05, 0.1) is 0 Å². The Morgan fingerprint density at radius 2 is 2.21 bits per heavy atom. The Labute approximate surface area is 182 Å². The minimum absolute atomic E-state index is 0. The van der Waals surface area contributed by atoms with E-state index in [0.29, 0.717) is 13.1 Å². The third-order valence-corrected chi connectivity index (χ3v) is 4.97. The molecule has 1 aliphatic rings. The highest BCUT2D eigenvalue weighted by Gasteiger charge is 2.27. The van der Waals surface area contributed by atoms with Gasteiger partial charge in [-0.15, -0.1) is 24.0 Å². The minimum Gasteiger partial charge on any atom is -0.361 e. The molecule has 28 heavy (non-hydrogen) atoms. The van der Waals surface area contributed by atoms with Crippen LogP contribution < -0.4 is 10.6 Å². The average Bonchev–Trinajstić information content (AvgIpc) is 3.27. The Bertz CT molecular complexity index is 835. The van der Waals surface area contributed by atoms with E-state index in [-0.39, 0.29) is 47.7 Å². The lowest BCUT2D eigenvalue weighted by molar-refractivity contribution is -0.133. The third-order valence-electron chi connectivity index (χ3n) is 4.97. The molecule has 2 heterocycles. The van der Waals surface area contributed by atoms with Gasteiger partial charge in [-0.3, -0.25) is 9.79 Å². The SMILES string of the molecule is CN=C(NCCc1c[nH]c2ccc(F)cc12)NC1CCN(C(=O)C(C)C)C1.I. The summed E-state index contributed by atoms with van der Waals surface area (Å²) < 4.78 is 13.5. The maximum absolute atomic E-state index is 13.5. The van der Waals surface area contributed by atoms with Crippen molar-refractivity contribution in [2.75, 3.05) is 26.7 Å². The van der Waals surface area contributed by atoms with Crippen LogP contribution in [0.3, 0.4) is 0 Å². The predicted octanol–water partition coefficient (Wildman–Crippen LogP) is 2.89. The monoisotopic (exact) mass is 501 g/mol. The van der Waals surface area contributed by atoms with E-state index in [9.17, 15) is 9.18 Å². The molecule has 1 unspecified atom stereocenters. The molecule has 8 heteroatoms. The van der Waals surface area contributed by atoms with Crippen molar-refractivity contribution < 1.29 is 9.18 Å². The first-order chi connectivity index (χ1) is 13.0. The van der Waals surface area contributed by atoms with Gasteiger partial charge in [0.25, 0.3) is 0 Å². The molecule has 3 rings (SSSR count). The summed E-state index contributed by atoms with van der Waals surface area (Å²) in [5.74, 6) is 0.733. The molecule has 6 nitrogen and oxygen atoms in total. The Balaban J connectivity index is 0.00000280. The Kier molecular flexibility index (Phi) is 8.09. The van der Waals surface area contributed by atoms with E-state index in [1.807, 2.05) is 24.9 Å². The number of nitrogens with one attached hydrogen (secondary N) is 3. The van der Waals surface area contributed by atoms with E-state index < -0.39 is 0 Å². The molecule has 1 aromatic carbocycles. The van der Waals surface area contributed by atoms with Gasteiger partial charge >= 0.3 is 0 Å². The summed E-state index contributed by atoms with van der Waals surface area (Å²) in [5, 5.41) is 7.62. The van der Waals surface area contributed by atoms with E-state index in [1.54, 1.807) is 19.2 Å². The Hall–Kier alpha value is -1.84. The number of likely N-dealkylation sites (tertiary alicyclic amines) is 1. The zero-order valence-electron chi connectivity index (χ0n) is 16.6. The maximum atomic E-state index is 13.5. The van der Waals surface area contributed by atoms with Crippen LogP contribution in [0.25, 0.3) is 10.9 Å². The fourth-order valence-corrected chi connectivity index (χ4v) is 3.50. The molecule has 1 saturated heterocycles. The summed E-state index contributed by atoms with van der Waals surface area (Å²) >= 11 is 0. The number of carbonyl (C=O) groups excluding carboxylic acids is 1. The van der Waals surface area contributed by atoms with Crippen LogP contribution in [-0.4, -0.2) is 54.5 Å². The molecule has 154 valence electrons. The molecule has 0 saturated carbocycles. The quantitative estimate of drug-likeness (QED) is 0.335. The highest BCUT2D eigenvalue weighted by molar-refractivity contribution is 14.0. The standard InChI is InChI=1S/C20H28FN5O.HI/c1-13(2)19(27)26-9-7-16(12-26)25-20(22-3)23-8-6-14-11-24-18-5-4-15(21)10-17(14)18;/h4-5,10-11,13,16,24H,6-9,12H2,1-3H3,(H2,22,23,25);1H. The first-order valence-electron chi connectivity index (χ1n) is 9.49. The van der Waals surface area contributed by atoms with Crippen LogP contribution in [0.15, 0.2) is 29.4 Å². The number of H-pyrrole nitrogens is 1. The van der Waals surface area contributed by atoms with Crippen LogP contribution in [0, 0.1) is 11.7 Å². The second-order valence-corrected chi connectivity index (χ2v) is 7.32. The number of halogens is 2. The molecule has 2 aromatic rings. The van der Waals surface area contributed by atoms with Crippen molar-refractivity contribution in [2.45, 2.75) is 32.7 Å². The number of aromatic nitrogens is 1. The second-order valence-electron chi connectivity index (χ2n) is 7.32. The number of carbonyl (C=O) groups is 1. The van der Waals surface area contributed by atoms with Gasteiger partial charge in [0.15, 0.2) is 5.96 Å². The van der Waals surface area contributed by atoms with Crippen molar-refractivity contribution in [1.82, 2.24) is 20.5 Å². The Morgan fingerprint density at radius 3 is 2.93 bits per heavy atom. The molecule has 0 aliphatic carbocycles.